The third-order valence-electron chi connectivity index (χ3n) is 16.0. The van der Waals surface area contributed by atoms with Crippen molar-refractivity contribution in [3.63, 3.8) is 0 Å². The van der Waals surface area contributed by atoms with Gasteiger partial charge in [-0.1, -0.05) is 22.4 Å². The van der Waals surface area contributed by atoms with Gasteiger partial charge in [0.25, 0.3) is 5.71 Å². The summed E-state index contributed by atoms with van der Waals surface area (Å²) in [6, 6.07) is 25.1. The molecule has 0 bridgehead atoms. The third-order valence-corrected chi connectivity index (χ3v) is 17.6. The second-order valence-electron chi connectivity index (χ2n) is 24.9. The first kappa shape index (κ1) is 71.5. The van der Waals surface area contributed by atoms with Gasteiger partial charge in [-0.15, -0.1) is 11.3 Å². The van der Waals surface area contributed by atoms with Gasteiger partial charge in [-0.2, -0.15) is 9.47 Å². The lowest BCUT2D eigenvalue weighted by Crippen LogP contribution is -1.83. The van der Waals surface area contributed by atoms with Gasteiger partial charge in [-0.25, -0.2) is 29.9 Å². The molecule has 18 aromatic rings. The standard InChI is InChI=1S/C11H11N.C9H10N2.2C9H9NO.C9H9NS.C8H9N3.2C8H8N2O.C8H8N2S/c1-8-6-10-9(2)4-3-5-11(10)12-7-8;1-6-3-8-7(2)5-11-9(8)10-4-6;1-6-3-8-7(2)11-5-9(8)10-4-6;1-6-3-8-7(2)5-11-9(8)10-4-6;1-6-3-8-7(2)11-5-9(8)10-4-6;1-5-3-7-6(2)10-11-8(7)9-4-5;1-5-3-7-6(2)11-10-8(7)9-4-5;1-5-3-7-6(2)10-11-8(7)9-4-5;1-5-3-7-6(2)11-10-8(7)9-4-5/h3-7H,1-2H3;3-5H,1-2H3,(H,10,11);3*3-5H,1-2H3;3-4H,1-2H3,(H,9,10,11);3*3-4H,1-2H3. The highest BCUT2D eigenvalue weighted by atomic mass is 32.1. The highest BCUT2D eigenvalue weighted by Crippen LogP contribution is 2.26. The molecule has 0 unspecified atom stereocenters. The molecule has 0 saturated heterocycles. The van der Waals surface area contributed by atoms with Crippen LogP contribution in [0.2, 0.25) is 0 Å². The van der Waals surface area contributed by atoms with Crippen LogP contribution in [0.25, 0.3) is 99.0 Å². The van der Waals surface area contributed by atoms with E-state index in [-0.39, 0.29) is 0 Å². The number of fused-ring (bicyclic) bond motifs is 9. The topological polar surface area (TPSA) is 252 Å². The van der Waals surface area contributed by atoms with E-state index in [2.05, 4.69) is 177 Å². The van der Waals surface area contributed by atoms with Crippen LogP contribution in [-0.2, 0) is 0 Å². The average molecular weight is 1370 g/mol. The van der Waals surface area contributed by atoms with Crippen LogP contribution < -0.4 is 0 Å². The lowest BCUT2D eigenvalue weighted by atomic mass is 10.1. The Hall–Kier alpha value is -11.3. The first-order valence-corrected chi connectivity index (χ1v) is 34.1. The van der Waals surface area contributed by atoms with E-state index in [9.17, 15) is 0 Å². The minimum atomic E-state index is 0.619. The molecule has 0 radical (unpaired) electrons. The van der Waals surface area contributed by atoms with Gasteiger partial charge in [0.05, 0.1) is 33.8 Å². The van der Waals surface area contributed by atoms with Gasteiger partial charge >= 0.3 is 0 Å². The number of aromatic amines is 2. The normalized spacial score (nSPS) is 10.7. The molecule has 0 saturated carbocycles. The average Bonchev–Trinajstić information content (AvgIpc) is 1.75. The summed E-state index contributed by atoms with van der Waals surface area (Å²) >= 11 is 3.28. The fourth-order valence-corrected chi connectivity index (χ4v) is 11.8. The molecule has 17 heterocycles. The van der Waals surface area contributed by atoms with Gasteiger partial charge < -0.3 is 22.9 Å². The van der Waals surface area contributed by atoms with E-state index in [4.69, 9.17) is 17.9 Å². The number of nitrogens with zero attached hydrogens (tertiary/aromatic N) is 13. The predicted octanol–water partition coefficient (Wildman–Crippen LogP) is 20.4. The van der Waals surface area contributed by atoms with Crippen molar-refractivity contribution in [3.8, 4) is 0 Å². The van der Waals surface area contributed by atoms with Gasteiger partial charge in [0, 0.05) is 121 Å². The van der Waals surface area contributed by atoms with E-state index >= 15 is 0 Å². The second-order valence-corrected chi connectivity index (χ2v) is 27.0. The SMILES string of the molecule is Cc1cnc2[nH]cc(C)c2c1.Cc1cnc2cccc(C)c2c1.Cc1cnc2coc(C)c2c1.Cc1cnc2csc(C)c2c1.Cc1cnc2n[nH]c(C)c2c1.Cc1cnc2noc(C)c2c1.Cc1cnc2nsc(C)c2c1.Cc1cnc2occ(C)c2c1.Cc1cnc2onc(C)c2c1. The fourth-order valence-electron chi connectivity index (χ4n) is 10.4. The van der Waals surface area contributed by atoms with E-state index in [1.54, 1.807) is 36.3 Å². The number of rotatable bonds is 0. The van der Waals surface area contributed by atoms with Gasteiger partial charge in [0.1, 0.15) is 28.9 Å². The molecule has 0 fully saturated rings. The Balaban J connectivity index is 0.000000122. The largest absolute Gasteiger partial charge is 0.467 e. The molecule has 0 aliphatic heterocycles. The Morgan fingerprint density at radius 2 is 0.890 bits per heavy atom. The molecule has 508 valence electrons. The van der Waals surface area contributed by atoms with Gasteiger partial charge in [-0.05, 0) is 264 Å². The van der Waals surface area contributed by atoms with Gasteiger partial charge in [0.15, 0.2) is 11.3 Å². The maximum absolute atomic E-state index is 5.21. The monoisotopic (exact) mass is 1370 g/mol. The van der Waals surface area contributed by atoms with Crippen LogP contribution in [0.1, 0.15) is 99.4 Å². The van der Waals surface area contributed by atoms with Crippen molar-refractivity contribution in [2.75, 3.05) is 0 Å². The number of thiophene rings is 1. The summed E-state index contributed by atoms with van der Waals surface area (Å²) in [7, 11) is 0. The van der Waals surface area contributed by atoms with E-state index in [0.29, 0.717) is 11.4 Å². The van der Waals surface area contributed by atoms with Crippen LogP contribution in [0, 0.1) is 125 Å². The summed E-state index contributed by atoms with van der Waals surface area (Å²) in [4.78, 5) is 43.5. The summed E-state index contributed by atoms with van der Waals surface area (Å²) in [5, 5.41) is 26.9. The van der Waals surface area contributed by atoms with Crippen molar-refractivity contribution in [1.82, 2.24) is 74.7 Å². The molecule has 18 rings (SSSR count). The lowest BCUT2D eigenvalue weighted by Gasteiger charge is -2.00. The summed E-state index contributed by atoms with van der Waals surface area (Å²) in [6.45, 7) is 36.5. The molecule has 21 heteroatoms. The maximum Gasteiger partial charge on any atom is 0.257 e. The van der Waals surface area contributed by atoms with Crippen LogP contribution in [0.4, 0.5) is 0 Å². The molecule has 17 aromatic heterocycles. The maximum atomic E-state index is 5.21. The number of hydrogen-bond acceptors (Lipinski definition) is 19. The van der Waals surface area contributed by atoms with E-state index < -0.39 is 0 Å². The number of H-pyrrole nitrogens is 2. The number of nitrogens with one attached hydrogen (secondary N) is 2. The van der Waals surface area contributed by atoms with E-state index in [0.717, 1.165) is 106 Å². The number of aryl methyl sites for hydroxylation is 18. The van der Waals surface area contributed by atoms with Crippen LogP contribution in [-0.4, -0.2) is 74.7 Å². The molecule has 0 aliphatic rings. The minimum absolute atomic E-state index is 0.619. The third kappa shape index (κ3) is 18.1. The van der Waals surface area contributed by atoms with Crippen molar-refractivity contribution in [3.05, 3.63) is 252 Å². The molecule has 0 aliphatic carbocycles. The van der Waals surface area contributed by atoms with Gasteiger partial charge in [-0.3, -0.25) is 20.1 Å². The molecule has 2 N–H and O–H groups in total. The lowest BCUT2D eigenvalue weighted by molar-refractivity contribution is 0.404. The molecule has 0 spiro atoms. The number of benzene rings is 1. The van der Waals surface area contributed by atoms with Crippen LogP contribution >= 0.6 is 22.9 Å². The van der Waals surface area contributed by atoms with Crippen molar-refractivity contribution in [1.29, 1.82) is 0 Å². The van der Waals surface area contributed by atoms with Crippen LogP contribution in [0.3, 0.4) is 0 Å². The molecular formula is C79H81N15O4S2. The van der Waals surface area contributed by atoms with Crippen molar-refractivity contribution in [2.45, 2.75) is 125 Å². The highest BCUT2D eigenvalue weighted by Gasteiger charge is 2.08. The molecule has 0 atom stereocenters. The van der Waals surface area contributed by atoms with Crippen molar-refractivity contribution in [2.24, 2.45) is 0 Å². The first-order valence-electron chi connectivity index (χ1n) is 32.4. The van der Waals surface area contributed by atoms with E-state index in [1.165, 1.54) is 92.9 Å². The van der Waals surface area contributed by atoms with Crippen molar-refractivity contribution >= 4 is 122 Å². The predicted molar refractivity (Wildman–Crippen MR) is 406 cm³/mol. The fraction of sp³-hybridized carbons (Fsp3) is 0.228. The summed E-state index contributed by atoms with van der Waals surface area (Å²) in [6.07, 6.45) is 22.0. The van der Waals surface area contributed by atoms with Crippen molar-refractivity contribution < 1.29 is 17.9 Å². The quantitative estimate of drug-likeness (QED) is 0.143. The summed E-state index contributed by atoms with van der Waals surface area (Å²) in [5.74, 6) is 1.77. The summed E-state index contributed by atoms with van der Waals surface area (Å²) < 4.78 is 24.5. The Bertz CT molecular complexity index is 4860. The van der Waals surface area contributed by atoms with Gasteiger partial charge in [0.2, 0.25) is 11.4 Å². The van der Waals surface area contributed by atoms with Crippen LogP contribution in [0.5, 0.6) is 0 Å². The minimum Gasteiger partial charge on any atom is -0.467 e. The molecule has 0 amide bonds. The Morgan fingerprint density at radius 1 is 0.360 bits per heavy atom. The Kier molecular flexibility index (Phi) is 23.1. The zero-order chi connectivity index (χ0) is 71.3. The molecule has 100 heavy (non-hydrogen) atoms. The zero-order valence-electron chi connectivity index (χ0n) is 59.7. The zero-order valence-corrected chi connectivity index (χ0v) is 61.3. The van der Waals surface area contributed by atoms with E-state index in [1.807, 2.05) is 150 Å². The first-order chi connectivity index (χ1) is 47.9. The number of aromatic nitrogens is 15. The molecule has 19 nitrogen and oxygen atoms in total. The summed E-state index contributed by atoms with van der Waals surface area (Å²) in [5.41, 5.74) is 24.1. The smallest absolute Gasteiger partial charge is 0.257 e. The Morgan fingerprint density at radius 3 is 1.58 bits per heavy atom. The highest BCUT2D eigenvalue weighted by molar-refractivity contribution is 7.11. The second kappa shape index (κ2) is 32.4. The molecule has 1 aromatic carbocycles. The Labute approximate surface area is 587 Å². The molecular weight excluding hydrogens is 1290 g/mol. The van der Waals surface area contributed by atoms with Crippen LogP contribution in [0.15, 0.2) is 171 Å². The number of hydrogen-bond donors (Lipinski definition) is 2. The number of furan rings is 2. The number of pyridine rings is 9.